The van der Waals surface area contributed by atoms with E-state index in [0.717, 1.165) is 42.1 Å². The van der Waals surface area contributed by atoms with Crippen LogP contribution in [0.4, 0.5) is 4.39 Å². The molecule has 0 saturated carbocycles. The predicted octanol–water partition coefficient (Wildman–Crippen LogP) is 4.85. The first-order valence-electron chi connectivity index (χ1n) is 36.2. The van der Waals surface area contributed by atoms with Gasteiger partial charge in [0.2, 0.25) is 40.1 Å². The summed E-state index contributed by atoms with van der Waals surface area (Å²) in [6.45, 7) is 3.27. The molecule has 0 atom stereocenters. The number of aromatic nitrogens is 3. The van der Waals surface area contributed by atoms with Gasteiger partial charge >= 0.3 is 197 Å². The van der Waals surface area contributed by atoms with Crippen molar-refractivity contribution in [1.29, 1.82) is 0 Å². The maximum absolute atomic E-state index is 12.9. The minimum atomic E-state index is -3.61. The first kappa shape index (κ1) is 115. The molecule has 0 saturated heterocycles. The van der Waals surface area contributed by atoms with E-state index in [0.29, 0.717) is 79.3 Å². The van der Waals surface area contributed by atoms with Crippen LogP contribution in [0.15, 0.2) is 272 Å². The van der Waals surface area contributed by atoms with Gasteiger partial charge in [0.05, 0.1) is 90.3 Å². The predicted molar refractivity (Wildman–Crippen MR) is 461 cm³/mol. The average molecular weight is 2290 g/mol. The fraction of sp³-hybridized carbons (Fsp3) is 0.169. The molecule has 0 radical (unpaired) electrons. The molecule has 4 aliphatic heterocycles. The second kappa shape index (κ2) is 57.9. The van der Waals surface area contributed by atoms with E-state index in [9.17, 15) is 62.0 Å². The number of pyridine rings is 3. The molecule has 127 heavy (non-hydrogen) atoms. The van der Waals surface area contributed by atoms with Gasteiger partial charge in [0, 0.05) is 85.1 Å². The van der Waals surface area contributed by atoms with Gasteiger partial charge in [-0.2, -0.15) is 12.9 Å². The molecule has 0 spiro atoms. The molecule has 7 heterocycles. The number of benzene rings is 8. The fourth-order valence-corrected chi connectivity index (χ4v) is 18.4. The van der Waals surface area contributed by atoms with E-state index in [1.54, 1.807) is 208 Å². The van der Waals surface area contributed by atoms with Crippen molar-refractivity contribution >= 4 is 137 Å². The number of halogens is 5. The number of ether oxygens (including phenoxy) is 5. The Morgan fingerprint density at radius 2 is 0.827 bits per heavy atom. The molecular formula is C83H81Br3ClCs2FN7NaO25S4. The summed E-state index contributed by atoms with van der Waals surface area (Å²) in [5.41, 5.74) is 7.99. The van der Waals surface area contributed by atoms with E-state index in [4.69, 9.17) is 36.2 Å². The zero-order valence-corrected chi connectivity index (χ0v) is 92.2. The zero-order chi connectivity index (χ0) is 90.0. The average Bonchev–Trinajstić information content (AvgIpc) is 1.62. The van der Waals surface area contributed by atoms with Crippen molar-refractivity contribution in [2.75, 3.05) is 28.5 Å². The van der Waals surface area contributed by atoms with Gasteiger partial charge in [0.15, 0.2) is 0 Å². The zero-order valence-electron chi connectivity index (χ0n) is 70.8. The summed E-state index contributed by atoms with van der Waals surface area (Å²) < 4.78 is 148. The summed E-state index contributed by atoms with van der Waals surface area (Å²) in [5.74, 6) is -0.459. The van der Waals surface area contributed by atoms with Gasteiger partial charge in [-0.25, -0.2) is 57.6 Å². The molecule has 0 aliphatic carbocycles. The number of carbonyl (C=O) groups is 6. The number of nitrogens with one attached hydrogen (secondary N) is 1. The molecular weight excluding hydrogens is 2210 g/mol. The van der Waals surface area contributed by atoms with Crippen molar-refractivity contribution in [3.63, 3.8) is 0 Å². The van der Waals surface area contributed by atoms with E-state index < -0.39 is 71.1 Å². The summed E-state index contributed by atoms with van der Waals surface area (Å²) >= 11 is 9.96. The van der Waals surface area contributed by atoms with Crippen LogP contribution in [-0.4, -0.2) is 147 Å². The number of carbonyl (C=O) groups excluding carboxylic acids is 4. The third-order valence-corrected chi connectivity index (χ3v) is 25.8. The summed E-state index contributed by atoms with van der Waals surface area (Å²) in [7, 11) is -10.9. The number of rotatable bonds is 17. The van der Waals surface area contributed by atoms with Crippen molar-refractivity contribution < 1.29 is 292 Å². The molecule has 8 aromatic carbocycles. The summed E-state index contributed by atoms with van der Waals surface area (Å²) in [6, 6.07) is 57.3. The fourth-order valence-electron chi connectivity index (χ4n) is 11.2. The Morgan fingerprint density at radius 1 is 0.512 bits per heavy atom. The van der Waals surface area contributed by atoms with Crippen LogP contribution in [0, 0.1) is 0 Å². The number of methoxy groups -OCH3 is 3. The van der Waals surface area contributed by atoms with Crippen LogP contribution in [0.25, 0.3) is 0 Å². The Labute approximate surface area is 907 Å². The minimum Gasteiger partial charge on any atom is -1.00 e. The monoisotopic (exact) mass is 2280 g/mol. The largest absolute Gasteiger partial charge is 1.00 e. The minimum absolute atomic E-state index is 0. The quantitative estimate of drug-likeness (QED) is 0.0180. The van der Waals surface area contributed by atoms with Crippen LogP contribution in [-0.2, 0) is 120 Å². The number of hydrogen-bond acceptors (Lipinski definition) is 26. The van der Waals surface area contributed by atoms with Gasteiger partial charge in [0.25, 0.3) is 6.47 Å². The molecule has 3 aromatic heterocycles. The number of aromatic hydroxyl groups is 1. The maximum atomic E-state index is 12.9. The number of aliphatic carboxylic acids is 1. The number of sulfonamides is 4. The van der Waals surface area contributed by atoms with Crippen LogP contribution in [0.1, 0.15) is 102 Å². The van der Waals surface area contributed by atoms with Crippen molar-refractivity contribution in [3.05, 3.63) is 319 Å². The number of esters is 3. The van der Waals surface area contributed by atoms with Crippen LogP contribution in [0.2, 0.25) is 0 Å². The molecule has 660 valence electrons. The third kappa shape index (κ3) is 35.3. The van der Waals surface area contributed by atoms with Crippen molar-refractivity contribution in [2.24, 2.45) is 0 Å². The van der Waals surface area contributed by atoms with Crippen LogP contribution in [0.5, 0.6) is 28.7 Å². The number of fused-ring (bicyclic) bond motifs is 4. The standard InChI is InChI=1S/C21H18N2O5S.C20H16N2O5S.C16H14BrNO4S.C9H9BrO2.C7H6BrNO2S.C5H5NO.C3H6O2.CH3F.CH2O3.ClH.2Cs.Na.H2O.H/c1-27-21(24)16-6-4-15(5-7-16)13-23-14-17-11-18(8-9-20(17)29(23,25)26)28-19-3-2-10-22-12-19;23-20(24)15-5-3-14(4-6-15)12-22-13-16-10-17(7-8-19(16)28(22,25)26)27-18-2-1-9-21-11-18;1-22-16(19)12-4-2-11(3-5-12)9-18-10-13-8-14(17)6-7-15(13)23(18,20)21;1-12-9(11)8-4-2-7(6-10)3-5-8;8-6-1-2-7-5(3-6)4-9-12(7,10)11;7-5-2-1-3-6-4-5;1-2-3(4)5;1-2;2-1-4-3;;;;;;/h2-12H,13-14H2,1H3;1-11H,12-13H2,(H,23,24);2-8H,9-10H2,1H3;2-5H,6H2,1H3;1-3,9H,4H2;1-4,7H;2H2,1H3,(H,4,5);1H3;1,3H;1H;;;;1H2;/q;;;;;;;;;;3*+1;;-1/p-2/i;;;;;;;1D;;;;;;;. The molecule has 0 amide bonds. The Hall–Kier alpha value is -6.25. The topological polar surface area (TPSA) is 469 Å². The maximum Gasteiger partial charge on any atom is 1.00 e. The molecule has 32 nitrogen and oxygen atoms in total. The van der Waals surface area contributed by atoms with Crippen molar-refractivity contribution in [3.8, 4) is 28.7 Å². The van der Waals surface area contributed by atoms with Crippen LogP contribution in [0.3, 0.4) is 0 Å². The Balaban J connectivity index is 0.000000778. The normalized spacial score (nSPS) is 13.4. The summed E-state index contributed by atoms with van der Waals surface area (Å²) in [6.07, 6.45) is 9.69. The molecule has 0 unspecified atom stereocenters. The van der Waals surface area contributed by atoms with E-state index >= 15 is 0 Å². The van der Waals surface area contributed by atoms with Crippen molar-refractivity contribution in [2.45, 2.75) is 84.1 Å². The second-order valence-electron chi connectivity index (χ2n) is 25.1. The van der Waals surface area contributed by atoms with E-state index in [2.05, 4.69) is 86.6 Å². The first-order chi connectivity index (χ1) is 58.7. The molecule has 44 heteroatoms. The van der Waals surface area contributed by atoms with Gasteiger partial charge in [-0.3, -0.25) is 28.9 Å². The Kier molecular flexibility index (Phi) is 52.4. The number of carboxylic acid groups (broad SMARTS) is 2. The van der Waals surface area contributed by atoms with Crippen LogP contribution < -0.4 is 187 Å². The number of alkyl halides is 2. The number of aromatic carboxylic acids is 1. The summed E-state index contributed by atoms with van der Waals surface area (Å²) in [5, 5.41) is 34.5. The van der Waals surface area contributed by atoms with E-state index in [1.807, 2.05) is 24.3 Å². The molecule has 5 N–H and O–H groups in total. The smallest absolute Gasteiger partial charge is 1.00 e. The SMILES string of the molecule is CCC(=O)O.COC(=O)c1ccc(CBr)cc1.COC(=O)c1ccc(CN2Cc3cc(Br)ccc3S2(=O)=O)cc1.COC(=O)c1ccc(CN2Cc3cc(Oc4cccnc4)ccc3S2(=O)=O)cc1.Cl.O=C(O)c1ccc(CN2Cc3cc(Oc4cccnc4)ccc3S2(=O)=O)cc1.O=CO[O-].O=S1(=O)NCc2cc(Br)ccc21.Oc1cccnc1.[2H]CF.[Cs+].[Cs+].[H-].[Na+].[OH-]. The first-order valence-corrected chi connectivity index (χ1v) is 44.0. The Morgan fingerprint density at radius 3 is 1.12 bits per heavy atom. The summed E-state index contributed by atoms with van der Waals surface area (Å²) in [4.78, 5) is 78.4. The number of hydrogen-bond donors (Lipinski definition) is 4. The van der Waals surface area contributed by atoms with Crippen molar-refractivity contribution in [1.82, 2.24) is 32.6 Å². The van der Waals surface area contributed by atoms with E-state index in [1.165, 1.54) is 52.6 Å². The van der Waals surface area contributed by atoms with E-state index in [-0.39, 0.29) is 259 Å². The number of carboxylic acids is 2. The molecule has 11 aromatic rings. The van der Waals surface area contributed by atoms with Gasteiger partial charge in [-0.1, -0.05) is 103 Å². The van der Waals surface area contributed by atoms with Crippen LogP contribution >= 0.6 is 60.2 Å². The molecule has 0 bridgehead atoms. The van der Waals surface area contributed by atoms with Gasteiger partial charge < -0.3 is 56.1 Å². The third-order valence-electron chi connectivity index (χ3n) is 17.0. The van der Waals surface area contributed by atoms with Gasteiger partial charge in [0.1, 0.15) is 28.7 Å². The Bertz CT molecular complexity index is 5940. The molecule has 0 fully saturated rings. The van der Waals surface area contributed by atoms with Gasteiger partial charge in [-0.15, -0.1) is 12.4 Å². The molecule has 4 aliphatic rings. The van der Waals surface area contributed by atoms with Gasteiger partial charge in [-0.05, 0) is 202 Å². The number of nitrogens with zero attached hydrogens (tertiary/aromatic N) is 6. The molecule has 15 rings (SSSR count). The second-order valence-corrected chi connectivity index (χ2v) is 35.0.